The fraction of sp³-hybridized carbons (Fsp3) is 0.250. The van der Waals surface area contributed by atoms with E-state index in [9.17, 15) is 9.59 Å². The Kier molecular flexibility index (Phi) is 5.31. The number of amides is 1. The highest BCUT2D eigenvalue weighted by Crippen LogP contribution is 2.25. The molecule has 2 aromatic heterocycles. The number of nitrogens with zero attached hydrogens (tertiary/aromatic N) is 1. The molecular weight excluding hydrogens is 332 g/mol. The molecule has 0 saturated heterocycles. The average molecular weight is 352 g/mol. The van der Waals surface area contributed by atoms with Crippen LogP contribution in [0.1, 0.15) is 24.2 Å². The lowest BCUT2D eigenvalue weighted by Gasteiger charge is -2.10. The lowest BCUT2D eigenvalue weighted by Crippen LogP contribution is -2.31. The number of esters is 1. The van der Waals surface area contributed by atoms with Crippen LogP contribution in [0.25, 0.3) is 22.4 Å². The molecule has 0 bridgehead atoms. The van der Waals surface area contributed by atoms with Crippen LogP contribution in [-0.2, 0) is 9.53 Å². The molecule has 3 aromatic rings. The molecule has 1 aromatic carbocycles. The number of nitrogens with one attached hydrogen (secondary N) is 1. The van der Waals surface area contributed by atoms with Crippen LogP contribution < -0.4 is 5.32 Å². The van der Waals surface area contributed by atoms with Gasteiger partial charge in [0.1, 0.15) is 5.69 Å². The van der Waals surface area contributed by atoms with Crippen molar-refractivity contribution in [3.05, 3.63) is 54.3 Å². The predicted molar refractivity (Wildman–Crippen MR) is 97.6 cm³/mol. The number of benzene rings is 1. The molecule has 1 N–H and O–H groups in total. The Balaban J connectivity index is 1.84. The number of fused-ring (bicyclic) bond motifs is 1. The monoisotopic (exact) mass is 352 g/mol. The third-order valence-corrected chi connectivity index (χ3v) is 3.75. The first kappa shape index (κ1) is 17.7. The number of pyridine rings is 1. The van der Waals surface area contributed by atoms with Gasteiger partial charge >= 0.3 is 5.97 Å². The molecule has 3 rings (SSSR count). The van der Waals surface area contributed by atoms with Crippen molar-refractivity contribution in [2.75, 3.05) is 13.2 Å². The van der Waals surface area contributed by atoms with Crippen LogP contribution in [0.2, 0.25) is 0 Å². The van der Waals surface area contributed by atoms with Gasteiger partial charge in [-0.05, 0) is 30.2 Å². The second-order valence-electron chi connectivity index (χ2n) is 6.32. The summed E-state index contributed by atoms with van der Waals surface area (Å²) in [5.74, 6) is -0.0121. The third kappa shape index (κ3) is 4.08. The Hall–Kier alpha value is -3.15. The Bertz CT molecular complexity index is 917. The van der Waals surface area contributed by atoms with Gasteiger partial charge in [0.05, 0.1) is 17.3 Å². The van der Waals surface area contributed by atoms with Crippen LogP contribution in [0.4, 0.5) is 0 Å². The van der Waals surface area contributed by atoms with E-state index in [4.69, 9.17) is 9.15 Å². The molecule has 0 aliphatic carbocycles. The molecule has 0 fully saturated rings. The van der Waals surface area contributed by atoms with E-state index in [-0.39, 0.29) is 12.5 Å². The van der Waals surface area contributed by atoms with Crippen molar-refractivity contribution in [3.63, 3.8) is 0 Å². The summed E-state index contributed by atoms with van der Waals surface area (Å²) in [4.78, 5) is 28.9. The van der Waals surface area contributed by atoms with E-state index in [1.165, 1.54) is 0 Å². The summed E-state index contributed by atoms with van der Waals surface area (Å²) in [5.41, 5.74) is 1.53. The standard InChI is InChI=1S/C20H20N2O4/c1-13(2)11-21-19(23)12-26-20(24)15-10-17(18-8-5-9-25-18)22-16-7-4-3-6-14(15)16/h3-10,13H,11-12H2,1-2H3,(H,21,23). The van der Waals surface area contributed by atoms with Crippen molar-refractivity contribution in [2.24, 2.45) is 5.92 Å². The molecule has 1 amide bonds. The van der Waals surface area contributed by atoms with Gasteiger partial charge in [-0.2, -0.15) is 0 Å². The molecule has 0 atom stereocenters. The Labute approximate surface area is 151 Å². The smallest absolute Gasteiger partial charge is 0.339 e. The molecule has 0 spiro atoms. The second-order valence-corrected chi connectivity index (χ2v) is 6.32. The quantitative estimate of drug-likeness (QED) is 0.688. The molecule has 0 aliphatic heterocycles. The summed E-state index contributed by atoms with van der Waals surface area (Å²) in [7, 11) is 0. The van der Waals surface area contributed by atoms with Crippen LogP contribution in [-0.4, -0.2) is 30.0 Å². The minimum absolute atomic E-state index is 0.321. The highest BCUT2D eigenvalue weighted by atomic mass is 16.5. The zero-order valence-corrected chi connectivity index (χ0v) is 14.7. The maximum atomic E-state index is 12.6. The Morgan fingerprint density at radius 1 is 1.19 bits per heavy atom. The summed E-state index contributed by atoms with van der Waals surface area (Å²) < 4.78 is 10.6. The van der Waals surface area contributed by atoms with E-state index in [0.29, 0.717) is 40.4 Å². The molecule has 26 heavy (non-hydrogen) atoms. The highest BCUT2D eigenvalue weighted by Gasteiger charge is 2.17. The molecule has 134 valence electrons. The first-order valence-corrected chi connectivity index (χ1v) is 8.42. The summed E-state index contributed by atoms with van der Waals surface area (Å²) >= 11 is 0. The van der Waals surface area contributed by atoms with Gasteiger partial charge in [-0.3, -0.25) is 4.79 Å². The Morgan fingerprint density at radius 2 is 2.00 bits per heavy atom. The van der Waals surface area contributed by atoms with Gasteiger partial charge in [0.15, 0.2) is 12.4 Å². The van der Waals surface area contributed by atoms with Crippen LogP contribution in [0.3, 0.4) is 0 Å². The van der Waals surface area contributed by atoms with Gasteiger partial charge in [-0.15, -0.1) is 0 Å². The first-order valence-electron chi connectivity index (χ1n) is 8.42. The van der Waals surface area contributed by atoms with Crippen LogP contribution in [0, 0.1) is 5.92 Å². The summed E-state index contributed by atoms with van der Waals surface area (Å²) in [6, 6.07) is 12.4. The number of carbonyl (C=O) groups is 2. The minimum atomic E-state index is -0.573. The number of rotatable bonds is 6. The van der Waals surface area contributed by atoms with Crippen molar-refractivity contribution in [3.8, 4) is 11.5 Å². The number of ether oxygens (including phenoxy) is 1. The van der Waals surface area contributed by atoms with E-state index in [2.05, 4.69) is 10.3 Å². The molecule has 0 aliphatic rings. The van der Waals surface area contributed by atoms with Gasteiger partial charge in [0.2, 0.25) is 0 Å². The van der Waals surface area contributed by atoms with Crippen molar-refractivity contribution in [2.45, 2.75) is 13.8 Å². The van der Waals surface area contributed by atoms with E-state index in [1.807, 2.05) is 32.0 Å². The number of hydrogen-bond donors (Lipinski definition) is 1. The normalized spacial score (nSPS) is 10.9. The fourth-order valence-electron chi connectivity index (χ4n) is 2.47. The van der Waals surface area contributed by atoms with Crippen molar-refractivity contribution in [1.29, 1.82) is 0 Å². The third-order valence-electron chi connectivity index (χ3n) is 3.75. The van der Waals surface area contributed by atoms with Gasteiger partial charge in [0, 0.05) is 11.9 Å². The maximum absolute atomic E-state index is 12.6. The van der Waals surface area contributed by atoms with Crippen molar-refractivity contribution < 1.29 is 18.7 Å². The maximum Gasteiger partial charge on any atom is 0.339 e. The molecule has 0 saturated carbocycles. The van der Waals surface area contributed by atoms with Gasteiger partial charge in [-0.1, -0.05) is 32.0 Å². The summed E-state index contributed by atoms with van der Waals surface area (Å²) in [5, 5.41) is 3.38. The van der Waals surface area contributed by atoms with E-state index in [1.54, 1.807) is 30.5 Å². The number of aromatic nitrogens is 1. The van der Waals surface area contributed by atoms with Crippen LogP contribution in [0.5, 0.6) is 0 Å². The first-order chi connectivity index (χ1) is 12.5. The second kappa shape index (κ2) is 7.82. The molecule has 6 nitrogen and oxygen atoms in total. The molecule has 0 radical (unpaired) electrons. The number of para-hydroxylation sites is 1. The summed E-state index contributed by atoms with van der Waals surface area (Å²) in [6.07, 6.45) is 1.54. The zero-order chi connectivity index (χ0) is 18.5. The van der Waals surface area contributed by atoms with Gasteiger partial charge in [-0.25, -0.2) is 9.78 Å². The van der Waals surface area contributed by atoms with E-state index < -0.39 is 5.97 Å². The number of carbonyl (C=O) groups excluding carboxylic acids is 2. The highest BCUT2D eigenvalue weighted by molar-refractivity contribution is 6.05. The van der Waals surface area contributed by atoms with E-state index in [0.717, 1.165) is 0 Å². The predicted octanol–water partition coefficient (Wildman–Crippen LogP) is 3.42. The largest absolute Gasteiger partial charge is 0.463 e. The lowest BCUT2D eigenvalue weighted by atomic mass is 10.1. The topological polar surface area (TPSA) is 81.4 Å². The van der Waals surface area contributed by atoms with Crippen molar-refractivity contribution >= 4 is 22.8 Å². The Morgan fingerprint density at radius 3 is 2.73 bits per heavy atom. The fourth-order valence-corrected chi connectivity index (χ4v) is 2.47. The summed E-state index contributed by atoms with van der Waals surface area (Å²) in [6.45, 7) is 4.20. The number of furan rings is 1. The molecule has 0 unspecified atom stereocenters. The van der Waals surface area contributed by atoms with Crippen molar-refractivity contribution in [1.82, 2.24) is 10.3 Å². The SMILES string of the molecule is CC(C)CNC(=O)COC(=O)c1cc(-c2ccco2)nc2ccccc12. The average Bonchev–Trinajstić information content (AvgIpc) is 3.18. The molecule has 6 heteroatoms. The van der Waals surface area contributed by atoms with E-state index >= 15 is 0 Å². The lowest BCUT2D eigenvalue weighted by molar-refractivity contribution is -0.124. The molecule has 2 heterocycles. The van der Waals surface area contributed by atoms with Gasteiger partial charge < -0.3 is 14.5 Å². The minimum Gasteiger partial charge on any atom is -0.463 e. The van der Waals surface area contributed by atoms with Gasteiger partial charge in [0.25, 0.3) is 5.91 Å². The molecular formula is C20H20N2O4. The van der Waals surface area contributed by atoms with Crippen LogP contribution in [0.15, 0.2) is 53.1 Å². The zero-order valence-electron chi connectivity index (χ0n) is 14.7. The number of hydrogen-bond acceptors (Lipinski definition) is 5. The van der Waals surface area contributed by atoms with Crippen LogP contribution >= 0.6 is 0 Å².